The monoisotopic (exact) mass is 2020 g/mol. The van der Waals surface area contributed by atoms with E-state index in [0.29, 0.717) is 134 Å². The molecule has 0 aliphatic carbocycles. The number of ether oxygens (including phenoxy) is 1. The lowest BCUT2D eigenvalue weighted by Gasteiger charge is -2.34. The van der Waals surface area contributed by atoms with E-state index in [0.717, 1.165) is 189 Å². The van der Waals surface area contributed by atoms with Crippen LogP contribution in [0.1, 0.15) is 185 Å². The molecule has 0 unspecified atom stereocenters. The van der Waals surface area contributed by atoms with Crippen LogP contribution < -0.4 is 48.1 Å². The Labute approximate surface area is 841 Å². The van der Waals surface area contributed by atoms with Gasteiger partial charge in [-0.1, -0.05) is 71.5 Å². The van der Waals surface area contributed by atoms with Gasteiger partial charge in [-0.25, -0.2) is 43.1 Å². The second-order valence-corrected chi connectivity index (χ2v) is 38.3. The number of carbonyl (C=O) groups excluding carboxylic acids is 4. The fourth-order valence-electron chi connectivity index (χ4n) is 18.6. The maximum absolute atomic E-state index is 15.3. The van der Waals surface area contributed by atoms with E-state index in [9.17, 15) is 19.2 Å². The van der Waals surface area contributed by atoms with Gasteiger partial charge in [-0.05, 0) is 274 Å². The van der Waals surface area contributed by atoms with Crippen LogP contribution in [0.5, 0.6) is 5.75 Å². The molecular formula is C100H119Cl4F3N30O5. The Bertz CT molecular complexity index is 6560. The first kappa shape index (κ1) is 103. The molecule has 4 aromatic carbocycles. The van der Waals surface area contributed by atoms with Crippen molar-refractivity contribution >= 4 is 140 Å². The molecule has 0 spiro atoms. The summed E-state index contributed by atoms with van der Waals surface area (Å²) in [5, 5.41) is 48.1. The lowest BCUT2D eigenvalue weighted by atomic mass is 9.85. The van der Waals surface area contributed by atoms with Gasteiger partial charge in [-0.3, -0.25) is 54.3 Å². The Morgan fingerprint density at radius 1 is 0.408 bits per heavy atom. The van der Waals surface area contributed by atoms with Crippen LogP contribution in [0.15, 0.2) is 122 Å². The minimum absolute atomic E-state index is 0.118. The fraction of sp³-hybridized carbons (Fsp3) is 0.400. The number of piperidine rings is 4. The number of methoxy groups -OCH3 is 1. The van der Waals surface area contributed by atoms with E-state index in [1.165, 1.54) is 31.4 Å². The molecule has 0 saturated carbocycles. The van der Waals surface area contributed by atoms with Crippen molar-refractivity contribution in [2.24, 2.45) is 11.5 Å². The zero-order chi connectivity index (χ0) is 100. The molecule has 142 heavy (non-hydrogen) atoms. The zero-order valence-corrected chi connectivity index (χ0v) is 83.9. The summed E-state index contributed by atoms with van der Waals surface area (Å²) in [5.74, 6) is 6.26. The molecule has 14 N–H and O–H groups in total. The van der Waals surface area contributed by atoms with Crippen molar-refractivity contribution < 1.29 is 37.1 Å². The fourth-order valence-corrected chi connectivity index (χ4v) is 19.2. The number of halogens is 7. The maximum Gasteiger partial charge on any atom is 0.242 e. The number of aromatic amines is 4. The van der Waals surface area contributed by atoms with Crippen molar-refractivity contribution in [3.63, 3.8) is 0 Å². The number of carbonyl (C=O) groups is 4. The maximum atomic E-state index is 15.3. The Morgan fingerprint density at radius 2 is 0.782 bits per heavy atom. The largest absolute Gasteiger partial charge is 0.496 e. The molecule has 35 nitrogen and oxygen atoms in total. The Hall–Kier alpha value is -13.4. The summed E-state index contributed by atoms with van der Waals surface area (Å²) in [4.78, 5) is 92.9. The first-order chi connectivity index (χ1) is 68.3. The van der Waals surface area contributed by atoms with E-state index in [1.54, 1.807) is 37.6 Å². The predicted molar refractivity (Wildman–Crippen MR) is 545 cm³/mol. The average Bonchev–Trinajstić information content (AvgIpc) is 1.40. The van der Waals surface area contributed by atoms with Gasteiger partial charge in [0, 0.05) is 110 Å². The predicted octanol–water partition coefficient (Wildman–Crippen LogP) is 17.5. The SMILES string of the molecule is CCc1cc(Nc2nc(Nc3cc(C)c(C4CCN(CC(N)=O)CC4)cc3F)ncc2Cl)n[nH]1.COc1cc(Nc2ncc(Cl)c(Nc3cc(C)[nH]n3)n2)c(C)cc1C1CCN(CC(N)=O)CC1.Cc1cc(Nc2nc(Cc3cc(C)c(C4CCN(C(=O)CN5CCCC5)CC4)cc3F)ncc2Cl)n[nH]1.Cc1cc(Nc2nc(Cc3cc(C)c(C4CCN(C(=O)Cn5cccc5)CC4)cc3F)ncc2Cl)n[nH]1. The topological polar surface area (TPSA) is 441 Å². The zero-order valence-electron chi connectivity index (χ0n) is 80.8. The van der Waals surface area contributed by atoms with E-state index in [2.05, 4.69) is 128 Å². The van der Waals surface area contributed by atoms with E-state index >= 15 is 13.2 Å². The first-order valence-corrected chi connectivity index (χ1v) is 49.1. The Morgan fingerprint density at radius 3 is 1.19 bits per heavy atom. The molecule has 42 heteroatoms. The molecule has 5 aliphatic rings. The van der Waals surface area contributed by atoms with Crippen LogP contribution in [0.4, 0.5) is 83.0 Å². The Balaban J connectivity index is 0.000000143. The Kier molecular flexibility index (Phi) is 34.8. The number of nitrogens with zero attached hydrogens (tertiary/aromatic N) is 18. The van der Waals surface area contributed by atoms with Crippen molar-refractivity contribution in [2.45, 2.75) is 169 Å². The highest BCUT2D eigenvalue weighted by atomic mass is 35.5. The molecule has 5 fully saturated rings. The minimum Gasteiger partial charge on any atom is -0.496 e. The molecule has 4 amide bonds. The number of hydrogen-bond donors (Lipinski definition) is 12. The third-order valence-electron chi connectivity index (χ3n) is 26.1. The highest BCUT2D eigenvalue weighted by Crippen LogP contribution is 2.42. The first-order valence-electron chi connectivity index (χ1n) is 47.6. The third kappa shape index (κ3) is 27.7. The van der Waals surface area contributed by atoms with E-state index in [-0.39, 0.29) is 89.9 Å². The normalized spacial score (nSPS) is 15.2. The van der Waals surface area contributed by atoms with Gasteiger partial charge in [-0.15, -0.1) is 0 Å². The van der Waals surface area contributed by atoms with Crippen LogP contribution in [0.3, 0.4) is 0 Å². The van der Waals surface area contributed by atoms with Crippen molar-refractivity contribution in [3.8, 4) is 5.75 Å². The molecule has 0 bridgehead atoms. The van der Waals surface area contributed by atoms with Crippen LogP contribution in [-0.2, 0) is 45.0 Å². The van der Waals surface area contributed by atoms with Crippen LogP contribution in [0.2, 0.25) is 20.1 Å². The highest BCUT2D eigenvalue weighted by molar-refractivity contribution is 6.34. The summed E-state index contributed by atoms with van der Waals surface area (Å²) in [7, 11) is 1.67. The van der Waals surface area contributed by atoms with Crippen molar-refractivity contribution in [1.82, 2.24) is 110 Å². The molecule has 748 valence electrons. The quantitative estimate of drug-likeness (QED) is 0.0199. The molecule has 0 atom stereocenters. The van der Waals surface area contributed by atoms with E-state index in [4.69, 9.17) is 62.6 Å². The summed E-state index contributed by atoms with van der Waals surface area (Å²) in [5.41, 5.74) is 24.8. The van der Waals surface area contributed by atoms with Crippen molar-refractivity contribution in [2.75, 3.05) is 124 Å². The molecule has 14 heterocycles. The van der Waals surface area contributed by atoms with Crippen LogP contribution in [0.25, 0.3) is 0 Å². The number of H-pyrrole nitrogens is 4. The lowest BCUT2D eigenvalue weighted by Crippen LogP contribution is -2.43. The molecule has 5 aliphatic heterocycles. The summed E-state index contributed by atoms with van der Waals surface area (Å²) in [6.45, 7) is 25.3. The van der Waals surface area contributed by atoms with Gasteiger partial charge in [0.2, 0.25) is 35.5 Å². The van der Waals surface area contributed by atoms with Crippen LogP contribution >= 0.6 is 46.4 Å². The number of hydrogen-bond acceptors (Lipinski definition) is 26. The number of aromatic nitrogens is 17. The number of likely N-dealkylation sites (tertiary alicyclic amines) is 5. The van der Waals surface area contributed by atoms with Gasteiger partial charge in [0.1, 0.15) is 61.5 Å². The second kappa shape index (κ2) is 47.9. The summed E-state index contributed by atoms with van der Waals surface area (Å²) < 4.78 is 53.1. The summed E-state index contributed by atoms with van der Waals surface area (Å²) >= 11 is 25.0. The number of aryl methyl sites for hydroxylation is 8. The van der Waals surface area contributed by atoms with Gasteiger partial charge >= 0.3 is 0 Å². The molecule has 0 radical (unpaired) electrons. The van der Waals surface area contributed by atoms with Crippen molar-refractivity contribution in [3.05, 3.63) is 250 Å². The summed E-state index contributed by atoms with van der Waals surface area (Å²) in [6.07, 6.45) is 20.4. The number of rotatable bonds is 30. The number of nitrogens with two attached hydrogens (primary N) is 2. The third-order valence-corrected chi connectivity index (χ3v) is 27.2. The number of nitrogens with one attached hydrogen (secondary N) is 10. The standard InChI is InChI=1S/C27H33ClFN7O.C27H29ClFN7O.C23H28ClFN8O.C23H29ClN8O2/c2*1-17-11-20(13-24-30-15-22(28)27(31-24)32-25-12-18(2)33-34-25)23(29)14-21(17)19-5-9-36(10-6-19)26(37)16-35-7-3-4-8-35;1-3-15-9-21(32-31-15)29-22-17(24)11-27-23(30-22)28-19-8-13(2)16(10-18(19)25)14-4-6-33(7-5-14)12-20(26)34;1-13-8-16(15-4-6-32(7-5-15)12-20(25)33)19(34-3)10-18(13)27-23-26-11-17(24)22(29-23)28-21-9-14(2)30-31-21/h11-12,14-15,19H,3-10,13,16H2,1-2H3,(H2,30,31,32,33,34);3-4,7-8,11-12,14-15,19H,5-6,9-10,13,16H2,1-2H3,(H2,30,31,32,33,34);8-11,14H,3-7,12H2,1-2H3,(H2,26,34)(H3,27,28,29,30,31,32);8-11,15H,4-7,12H2,1-3H3,(H2,25,33)(H3,26,27,28,29,30,31). The summed E-state index contributed by atoms with van der Waals surface area (Å²) in [6, 6.07) is 25.8. The molecule has 13 aromatic rings. The average molecular weight is 2020 g/mol. The number of amides is 4. The van der Waals surface area contributed by atoms with Gasteiger partial charge in [-0.2, -0.15) is 30.4 Å². The van der Waals surface area contributed by atoms with Gasteiger partial charge in [0.25, 0.3) is 0 Å². The van der Waals surface area contributed by atoms with Crippen LogP contribution in [0, 0.1) is 65.9 Å². The van der Waals surface area contributed by atoms with Gasteiger partial charge in [0.15, 0.2) is 46.5 Å². The van der Waals surface area contributed by atoms with E-state index in [1.807, 2.05) is 142 Å². The lowest BCUT2D eigenvalue weighted by molar-refractivity contribution is -0.133. The van der Waals surface area contributed by atoms with Crippen LogP contribution in [-0.4, -0.2) is 226 Å². The molecule has 9 aromatic heterocycles. The van der Waals surface area contributed by atoms with Crippen molar-refractivity contribution in [1.29, 1.82) is 0 Å². The van der Waals surface area contributed by atoms with Gasteiger partial charge < -0.3 is 62.5 Å². The van der Waals surface area contributed by atoms with E-state index < -0.39 is 0 Å². The smallest absolute Gasteiger partial charge is 0.242 e. The van der Waals surface area contributed by atoms with Gasteiger partial charge in [0.05, 0.1) is 57.2 Å². The minimum atomic E-state index is -0.381. The number of benzene rings is 4. The molecule has 18 rings (SSSR count). The molecular weight excluding hydrogens is 1900 g/mol. The molecule has 5 saturated heterocycles. The number of primary amides is 2. The second-order valence-electron chi connectivity index (χ2n) is 36.7. The number of anilines is 12. The highest BCUT2D eigenvalue weighted by Gasteiger charge is 2.32.